The number of benzene rings is 2. The van der Waals surface area contributed by atoms with Crippen LogP contribution in [0, 0.1) is 0 Å². The third-order valence-corrected chi connectivity index (χ3v) is 6.28. The molecule has 1 aliphatic heterocycles. The maximum atomic E-state index is 12.9. The van der Waals surface area contributed by atoms with Gasteiger partial charge in [-0.2, -0.15) is 5.10 Å². The van der Waals surface area contributed by atoms with Crippen molar-refractivity contribution in [1.82, 2.24) is 20.0 Å². The lowest BCUT2D eigenvalue weighted by Crippen LogP contribution is -2.39. The van der Waals surface area contributed by atoms with Gasteiger partial charge in [-0.1, -0.05) is 48.5 Å². The number of hydrogen-bond acceptors (Lipinski definition) is 4. The summed E-state index contributed by atoms with van der Waals surface area (Å²) in [5.41, 5.74) is 3.01. The summed E-state index contributed by atoms with van der Waals surface area (Å²) >= 11 is 0. The van der Waals surface area contributed by atoms with Crippen LogP contribution in [0.1, 0.15) is 48.9 Å². The van der Waals surface area contributed by atoms with E-state index in [-0.39, 0.29) is 24.4 Å². The van der Waals surface area contributed by atoms with Gasteiger partial charge in [0.1, 0.15) is 5.82 Å². The van der Waals surface area contributed by atoms with E-state index in [4.69, 9.17) is 5.10 Å². The van der Waals surface area contributed by atoms with Crippen molar-refractivity contribution in [3.8, 4) is 5.69 Å². The average molecular weight is 444 g/mol. The number of para-hydroxylation sites is 1. The highest BCUT2D eigenvalue weighted by atomic mass is 16.2. The standard InChI is InChI=1S/C26H29N5O2/c32-25(17-27-23(19-8-3-1-4-9-19)18-30-15-7-12-26(30)33)28-24-16-22(20-13-14-20)29-31(24)21-10-5-2-6-11-21/h1-6,8-11,16,20,23,27H,7,12-15,17-18H2,(H,28,32). The van der Waals surface area contributed by atoms with Crippen LogP contribution in [-0.4, -0.2) is 46.1 Å². The maximum Gasteiger partial charge on any atom is 0.239 e. The van der Waals surface area contributed by atoms with Gasteiger partial charge in [-0.3, -0.25) is 14.9 Å². The smallest absolute Gasteiger partial charge is 0.239 e. The second kappa shape index (κ2) is 9.58. The van der Waals surface area contributed by atoms with Crippen molar-refractivity contribution < 1.29 is 9.59 Å². The Balaban J connectivity index is 1.28. The molecule has 1 atom stereocenters. The number of likely N-dealkylation sites (tertiary alicyclic amines) is 1. The number of carbonyl (C=O) groups excluding carboxylic acids is 2. The second-order valence-electron chi connectivity index (χ2n) is 8.81. The highest BCUT2D eigenvalue weighted by Gasteiger charge is 2.28. The summed E-state index contributed by atoms with van der Waals surface area (Å²) in [5, 5.41) is 11.2. The normalized spacial score (nSPS) is 16.7. The zero-order valence-electron chi connectivity index (χ0n) is 18.6. The molecule has 33 heavy (non-hydrogen) atoms. The summed E-state index contributed by atoms with van der Waals surface area (Å²) in [6.07, 6.45) is 3.80. The van der Waals surface area contributed by atoms with Crippen LogP contribution >= 0.6 is 0 Å². The Morgan fingerprint density at radius 1 is 1.06 bits per heavy atom. The molecular weight excluding hydrogens is 414 g/mol. The van der Waals surface area contributed by atoms with Crippen LogP contribution in [0.2, 0.25) is 0 Å². The molecule has 170 valence electrons. The van der Waals surface area contributed by atoms with Crippen LogP contribution in [0.5, 0.6) is 0 Å². The van der Waals surface area contributed by atoms with E-state index in [0.29, 0.717) is 24.7 Å². The van der Waals surface area contributed by atoms with E-state index in [1.807, 2.05) is 76.3 Å². The van der Waals surface area contributed by atoms with Crippen molar-refractivity contribution in [3.05, 3.63) is 78.0 Å². The first-order valence-corrected chi connectivity index (χ1v) is 11.7. The third-order valence-electron chi connectivity index (χ3n) is 6.28. The van der Waals surface area contributed by atoms with Gasteiger partial charge in [-0.15, -0.1) is 0 Å². The van der Waals surface area contributed by atoms with Crippen molar-refractivity contribution >= 4 is 17.6 Å². The highest BCUT2D eigenvalue weighted by molar-refractivity contribution is 5.91. The van der Waals surface area contributed by atoms with Gasteiger partial charge < -0.3 is 10.2 Å². The fraction of sp³-hybridized carbons (Fsp3) is 0.346. The molecular formula is C26H29N5O2. The summed E-state index contributed by atoms with van der Waals surface area (Å²) in [5.74, 6) is 1.22. The molecule has 2 aromatic carbocycles. The number of carbonyl (C=O) groups is 2. The van der Waals surface area contributed by atoms with Gasteiger partial charge in [0.2, 0.25) is 11.8 Å². The predicted molar refractivity (Wildman–Crippen MR) is 127 cm³/mol. The van der Waals surface area contributed by atoms with Crippen molar-refractivity contribution in [2.75, 3.05) is 25.0 Å². The van der Waals surface area contributed by atoms with E-state index < -0.39 is 0 Å². The minimum Gasteiger partial charge on any atom is -0.341 e. The quantitative estimate of drug-likeness (QED) is 0.529. The SMILES string of the molecule is O=C(CNC(CN1CCCC1=O)c1ccccc1)Nc1cc(C2CC2)nn1-c1ccccc1. The number of amides is 2. The molecule has 0 bridgehead atoms. The zero-order chi connectivity index (χ0) is 22.6. The fourth-order valence-corrected chi connectivity index (χ4v) is 4.33. The van der Waals surface area contributed by atoms with Crippen molar-refractivity contribution in [2.24, 2.45) is 0 Å². The van der Waals surface area contributed by atoms with Gasteiger partial charge >= 0.3 is 0 Å². The van der Waals surface area contributed by atoms with Gasteiger partial charge in [-0.25, -0.2) is 4.68 Å². The van der Waals surface area contributed by atoms with Gasteiger partial charge in [0.15, 0.2) is 0 Å². The van der Waals surface area contributed by atoms with Crippen LogP contribution in [0.15, 0.2) is 66.7 Å². The molecule has 2 N–H and O–H groups in total. The van der Waals surface area contributed by atoms with Crippen molar-refractivity contribution in [2.45, 2.75) is 37.6 Å². The van der Waals surface area contributed by atoms with Gasteiger partial charge in [0, 0.05) is 31.5 Å². The van der Waals surface area contributed by atoms with Crippen molar-refractivity contribution in [3.63, 3.8) is 0 Å². The molecule has 2 amide bonds. The Hall–Kier alpha value is -3.45. The van der Waals surface area contributed by atoms with E-state index in [9.17, 15) is 9.59 Å². The molecule has 0 spiro atoms. The van der Waals surface area contributed by atoms with E-state index in [1.165, 1.54) is 0 Å². The summed E-state index contributed by atoms with van der Waals surface area (Å²) in [6.45, 7) is 1.47. The monoisotopic (exact) mass is 443 g/mol. The molecule has 2 aliphatic rings. The molecule has 1 unspecified atom stereocenters. The lowest BCUT2D eigenvalue weighted by Gasteiger charge is -2.25. The van der Waals surface area contributed by atoms with Crippen LogP contribution in [0.25, 0.3) is 5.69 Å². The molecule has 5 rings (SSSR count). The van der Waals surface area contributed by atoms with Crippen LogP contribution in [0.4, 0.5) is 5.82 Å². The topological polar surface area (TPSA) is 79.3 Å². The van der Waals surface area contributed by atoms with Gasteiger partial charge in [-0.05, 0) is 37.0 Å². The Labute approximate surface area is 193 Å². The Kier molecular flexibility index (Phi) is 6.21. The van der Waals surface area contributed by atoms with Gasteiger partial charge in [0.25, 0.3) is 0 Å². The van der Waals surface area contributed by atoms with E-state index in [2.05, 4.69) is 10.6 Å². The van der Waals surface area contributed by atoms with E-state index >= 15 is 0 Å². The Morgan fingerprint density at radius 2 is 1.79 bits per heavy atom. The van der Waals surface area contributed by atoms with Crippen LogP contribution in [0.3, 0.4) is 0 Å². The summed E-state index contributed by atoms with van der Waals surface area (Å²) in [4.78, 5) is 27.0. The Bertz CT molecular complexity index is 1110. The maximum absolute atomic E-state index is 12.9. The number of hydrogen-bond donors (Lipinski definition) is 2. The highest BCUT2D eigenvalue weighted by Crippen LogP contribution is 2.40. The summed E-state index contributed by atoms with van der Waals surface area (Å²) < 4.78 is 1.81. The minimum absolute atomic E-state index is 0.111. The molecule has 0 radical (unpaired) electrons. The molecule has 2 fully saturated rings. The molecule has 1 aliphatic carbocycles. The first-order valence-electron chi connectivity index (χ1n) is 11.7. The van der Waals surface area contributed by atoms with Crippen LogP contribution < -0.4 is 10.6 Å². The third kappa shape index (κ3) is 5.14. The number of aromatic nitrogens is 2. The summed E-state index contributed by atoms with van der Waals surface area (Å²) in [6, 6.07) is 21.7. The number of nitrogens with one attached hydrogen (secondary N) is 2. The molecule has 1 saturated carbocycles. The lowest BCUT2D eigenvalue weighted by atomic mass is 10.1. The first kappa shape index (κ1) is 21.4. The fourth-order valence-electron chi connectivity index (χ4n) is 4.33. The predicted octanol–water partition coefficient (Wildman–Crippen LogP) is 3.64. The molecule has 1 aromatic heterocycles. The molecule has 7 heteroatoms. The molecule has 7 nitrogen and oxygen atoms in total. The molecule has 1 saturated heterocycles. The largest absolute Gasteiger partial charge is 0.341 e. The van der Waals surface area contributed by atoms with E-state index in [0.717, 1.165) is 42.8 Å². The van der Waals surface area contributed by atoms with E-state index in [1.54, 1.807) is 0 Å². The van der Waals surface area contributed by atoms with Crippen LogP contribution in [-0.2, 0) is 9.59 Å². The van der Waals surface area contributed by atoms with Gasteiger partial charge in [0.05, 0.1) is 24.0 Å². The summed E-state index contributed by atoms with van der Waals surface area (Å²) in [7, 11) is 0. The second-order valence-corrected chi connectivity index (χ2v) is 8.81. The zero-order valence-corrected chi connectivity index (χ0v) is 18.6. The van der Waals surface area contributed by atoms with Crippen molar-refractivity contribution in [1.29, 1.82) is 0 Å². The Morgan fingerprint density at radius 3 is 2.45 bits per heavy atom. The molecule has 3 aromatic rings. The lowest BCUT2D eigenvalue weighted by molar-refractivity contribution is -0.128. The number of rotatable bonds is 9. The number of anilines is 1. The average Bonchev–Trinajstić information content (AvgIpc) is 3.50. The number of nitrogens with zero attached hydrogens (tertiary/aromatic N) is 3. The minimum atomic E-state index is -0.136. The molecule has 2 heterocycles. The first-order chi connectivity index (χ1) is 16.2.